The van der Waals surface area contributed by atoms with Crippen LogP contribution in [0.3, 0.4) is 0 Å². The maximum absolute atomic E-state index is 11.2. The highest BCUT2D eigenvalue weighted by molar-refractivity contribution is 7.89. The summed E-state index contributed by atoms with van der Waals surface area (Å²) in [6.45, 7) is 1.13. The SMILES string of the molecule is CC(=O)OC(c1ccccc1)S(N)(=O)=O. The van der Waals surface area contributed by atoms with Gasteiger partial charge in [-0.2, -0.15) is 0 Å². The molecule has 2 N–H and O–H groups in total. The van der Waals surface area contributed by atoms with Crippen LogP contribution >= 0.6 is 0 Å². The zero-order valence-corrected chi connectivity index (χ0v) is 8.90. The highest BCUT2D eigenvalue weighted by Crippen LogP contribution is 2.21. The number of ether oxygens (including phenoxy) is 1. The Hall–Kier alpha value is -1.40. The number of primary sulfonamides is 1. The van der Waals surface area contributed by atoms with Gasteiger partial charge in [0.1, 0.15) is 0 Å². The molecular weight excluding hydrogens is 218 g/mol. The average Bonchev–Trinajstić information content (AvgIpc) is 2.14. The molecule has 0 aliphatic rings. The van der Waals surface area contributed by atoms with E-state index in [1.165, 1.54) is 12.1 Å². The minimum Gasteiger partial charge on any atom is -0.440 e. The predicted octanol–water partition coefficient (Wildman–Crippen LogP) is 0.537. The fourth-order valence-electron chi connectivity index (χ4n) is 1.09. The molecule has 1 aromatic carbocycles. The van der Waals surface area contributed by atoms with E-state index in [-0.39, 0.29) is 0 Å². The molecule has 15 heavy (non-hydrogen) atoms. The summed E-state index contributed by atoms with van der Waals surface area (Å²) >= 11 is 0. The molecule has 5 nitrogen and oxygen atoms in total. The van der Waals surface area contributed by atoms with Gasteiger partial charge in [0.25, 0.3) is 10.0 Å². The van der Waals surface area contributed by atoms with E-state index in [0.717, 1.165) is 6.92 Å². The third-order valence-corrected chi connectivity index (χ3v) is 2.61. The number of rotatable bonds is 3. The Kier molecular flexibility index (Phi) is 3.43. The van der Waals surface area contributed by atoms with Gasteiger partial charge in [0, 0.05) is 12.5 Å². The van der Waals surface area contributed by atoms with E-state index in [1.807, 2.05) is 0 Å². The first-order valence-electron chi connectivity index (χ1n) is 4.15. The number of nitrogens with two attached hydrogens (primary N) is 1. The van der Waals surface area contributed by atoms with Crippen LogP contribution in [0.4, 0.5) is 0 Å². The fourth-order valence-corrected chi connectivity index (χ4v) is 1.89. The van der Waals surface area contributed by atoms with Crippen molar-refractivity contribution < 1.29 is 17.9 Å². The minimum absolute atomic E-state index is 0.329. The summed E-state index contributed by atoms with van der Waals surface area (Å²) in [6, 6.07) is 8.04. The van der Waals surface area contributed by atoms with Crippen molar-refractivity contribution in [2.45, 2.75) is 12.4 Å². The van der Waals surface area contributed by atoms with Crippen molar-refractivity contribution in [2.75, 3.05) is 0 Å². The Morgan fingerprint density at radius 2 is 1.87 bits per heavy atom. The monoisotopic (exact) mass is 229 g/mol. The third kappa shape index (κ3) is 3.34. The molecule has 0 radical (unpaired) electrons. The molecule has 0 aliphatic carbocycles. The Balaban J connectivity index is 3.08. The number of benzene rings is 1. The van der Waals surface area contributed by atoms with Gasteiger partial charge in [-0.3, -0.25) is 4.79 Å². The van der Waals surface area contributed by atoms with E-state index in [9.17, 15) is 13.2 Å². The number of hydrogen-bond donors (Lipinski definition) is 1. The van der Waals surface area contributed by atoms with Crippen LogP contribution < -0.4 is 5.14 Å². The molecule has 0 aliphatic heterocycles. The number of carbonyl (C=O) groups is 1. The molecule has 0 amide bonds. The van der Waals surface area contributed by atoms with E-state index in [4.69, 9.17) is 5.14 Å². The van der Waals surface area contributed by atoms with E-state index < -0.39 is 21.4 Å². The molecule has 0 aromatic heterocycles. The lowest BCUT2D eigenvalue weighted by Gasteiger charge is -2.14. The molecule has 0 spiro atoms. The number of esters is 1. The summed E-state index contributed by atoms with van der Waals surface area (Å²) in [5, 5.41) is 4.96. The van der Waals surface area contributed by atoms with Crippen molar-refractivity contribution in [1.29, 1.82) is 0 Å². The summed E-state index contributed by atoms with van der Waals surface area (Å²) in [6.07, 6.45) is 0. The number of hydrogen-bond acceptors (Lipinski definition) is 4. The van der Waals surface area contributed by atoms with Gasteiger partial charge in [-0.25, -0.2) is 13.6 Å². The summed E-state index contributed by atoms with van der Waals surface area (Å²) in [7, 11) is -3.96. The fraction of sp³-hybridized carbons (Fsp3) is 0.222. The summed E-state index contributed by atoms with van der Waals surface area (Å²) in [5.74, 6) is -0.696. The standard InChI is InChI=1S/C9H11NO4S/c1-7(11)14-9(15(10,12)13)8-5-3-2-4-6-8/h2-6,9H,1H3,(H2,10,12,13). The first-order valence-corrected chi connectivity index (χ1v) is 5.76. The highest BCUT2D eigenvalue weighted by atomic mass is 32.2. The van der Waals surface area contributed by atoms with Crippen LogP contribution in [0, 0.1) is 0 Å². The van der Waals surface area contributed by atoms with Crippen molar-refractivity contribution >= 4 is 16.0 Å². The zero-order chi connectivity index (χ0) is 11.5. The highest BCUT2D eigenvalue weighted by Gasteiger charge is 2.26. The Labute approximate surface area is 87.9 Å². The molecule has 1 rings (SSSR count). The minimum atomic E-state index is -3.96. The van der Waals surface area contributed by atoms with Crippen molar-refractivity contribution in [3.63, 3.8) is 0 Å². The van der Waals surface area contributed by atoms with Crippen LogP contribution in [0.1, 0.15) is 17.9 Å². The van der Waals surface area contributed by atoms with Gasteiger partial charge in [0.2, 0.25) is 5.44 Å². The van der Waals surface area contributed by atoms with Gasteiger partial charge < -0.3 is 4.74 Å². The molecule has 1 aromatic rings. The second-order valence-electron chi connectivity index (χ2n) is 2.94. The molecule has 0 saturated heterocycles. The van der Waals surface area contributed by atoms with Crippen LogP contribution in [0.2, 0.25) is 0 Å². The largest absolute Gasteiger partial charge is 0.440 e. The molecule has 82 valence electrons. The quantitative estimate of drug-likeness (QED) is 0.766. The smallest absolute Gasteiger partial charge is 0.304 e. The summed E-state index contributed by atoms with van der Waals surface area (Å²) in [5.41, 5.74) is -1.11. The first kappa shape index (κ1) is 11.7. The molecule has 0 saturated carbocycles. The molecule has 1 unspecified atom stereocenters. The summed E-state index contributed by atoms with van der Waals surface area (Å²) < 4.78 is 27.0. The van der Waals surface area contributed by atoms with Gasteiger partial charge in [-0.05, 0) is 0 Å². The molecule has 0 bridgehead atoms. The van der Waals surface area contributed by atoms with Crippen molar-refractivity contribution in [2.24, 2.45) is 5.14 Å². The van der Waals surface area contributed by atoms with Gasteiger partial charge in [-0.15, -0.1) is 0 Å². The van der Waals surface area contributed by atoms with Crippen molar-refractivity contribution in [3.8, 4) is 0 Å². The van der Waals surface area contributed by atoms with Crippen LogP contribution in [0.15, 0.2) is 30.3 Å². The van der Waals surface area contributed by atoms with E-state index >= 15 is 0 Å². The zero-order valence-electron chi connectivity index (χ0n) is 8.08. The van der Waals surface area contributed by atoms with Gasteiger partial charge in [0.15, 0.2) is 0 Å². The lowest BCUT2D eigenvalue weighted by Crippen LogP contribution is -2.25. The van der Waals surface area contributed by atoms with Gasteiger partial charge >= 0.3 is 5.97 Å². The number of sulfonamides is 1. The van der Waals surface area contributed by atoms with Gasteiger partial charge in [0.05, 0.1) is 0 Å². The number of carbonyl (C=O) groups excluding carboxylic acids is 1. The van der Waals surface area contributed by atoms with E-state index in [2.05, 4.69) is 4.74 Å². The molecule has 6 heteroatoms. The Morgan fingerprint density at radius 3 is 2.27 bits per heavy atom. The predicted molar refractivity (Wildman–Crippen MR) is 54.1 cm³/mol. The van der Waals surface area contributed by atoms with Crippen molar-refractivity contribution in [1.82, 2.24) is 0 Å². The second-order valence-corrected chi connectivity index (χ2v) is 4.55. The normalized spacial score (nSPS) is 13.2. The van der Waals surface area contributed by atoms with E-state index in [0.29, 0.717) is 5.56 Å². The van der Waals surface area contributed by atoms with E-state index in [1.54, 1.807) is 18.2 Å². The van der Waals surface area contributed by atoms with Crippen LogP contribution in [0.5, 0.6) is 0 Å². The lowest BCUT2D eigenvalue weighted by atomic mass is 10.2. The summed E-state index contributed by atoms with van der Waals surface area (Å²) in [4.78, 5) is 10.7. The van der Waals surface area contributed by atoms with Crippen LogP contribution in [-0.2, 0) is 19.6 Å². The topological polar surface area (TPSA) is 86.5 Å². The maximum atomic E-state index is 11.2. The van der Waals surface area contributed by atoms with Crippen LogP contribution in [0.25, 0.3) is 0 Å². The maximum Gasteiger partial charge on any atom is 0.304 e. The first-order chi connectivity index (χ1) is 6.91. The molecular formula is C9H11NO4S. The average molecular weight is 229 g/mol. The van der Waals surface area contributed by atoms with Crippen molar-refractivity contribution in [3.05, 3.63) is 35.9 Å². The molecule has 1 atom stereocenters. The Bertz CT molecular complexity index is 440. The lowest BCUT2D eigenvalue weighted by molar-refractivity contribution is -0.143. The third-order valence-electron chi connectivity index (χ3n) is 1.64. The molecule has 0 fully saturated rings. The van der Waals surface area contributed by atoms with Gasteiger partial charge in [-0.1, -0.05) is 30.3 Å². The Morgan fingerprint density at radius 1 is 1.33 bits per heavy atom. The van der Waals surface area contributed by atoms with Crippen LogP contribution in [-0.4, -0.2) is 14.4 Å². The second kappa shape index (κ2) is 4.41. The molecule has 0 heterocycles.